The number of ether oxygens (including phenoxy) is 4. The highest BCUT2D eigenvalue weighted by molar-refractivity contribution is 6.04. The Morgan fingerprint density at radius 2 is 1.70 bits per heavy atom. The summed E-state index contributed by atoms with van der Waals surface area (Å²) in [6.07, 6.45) is 0.563. The second-order valence-electron chi connectivity index (χ2n) is 15.9. The van der Waals surface area contributed by atoms with E-state index in [0.717, 1.165) is 25.9 Å². The van der Waals surface area contributed by atoms with Crippen molar-refractivity contribution in [3.05, 3.63) is 0 Å². The molecule has 12 heteroatoms. The van der Waals surface area contributed by atoms with Crippen LogP contribution in [0.1, 0.15) is 67.2 Å². The molecule has 4 aliphatic heterocycles. The van der Waals surface area contributed by atoms with Crippen molar-refractivity contribution in [2.24, 2.45) is 23.2 Å². The highest BCUT2D eigenvalue weighted by atomic mass is 16.7. The maximum Gasteiger partial charge on any atom is 0.319 e. The summed E-state index contributed by atoms with van der Waals surface area (Å²) < 4.78 is 24.9. The van der Waals surface area contributed by atoms with Crippen molar-refractivity contribution in [1.29, 1.82) is 0 Å². The van der Waals surface area contributed by atoms with Gasteiger partial charge in [-0.15, -0.1) is 0 Å². The number of methoxy groups -OCH3 is 1. The van der Waals surface area contributed by atoms with E-state index >= 15 is 0 Å². The number of aliphatic hydroxyl groups excluding tert-OH is 1. The number of aliphatic hydroxyl groups is 1. The normalized spacial score (nSPS) is 38.8. The molecule has 0 saturated carbocycles. The van der Waals surface area contributed by atoms with Gasteiger partial charge in [0.2, 0.25) is 5.91 Å². The highest BCUT2D eigenvalue weighted by Crippen LogP contribution is 2.38. The summed E-state index contributed by atoms with van der Waals surface area (Å²) in [7, 11) is 7.49. The number of nitrogens with zero attached hydrogens (tertiary/aromatic N) is 4. The van der Waals surface area contributed by atoms with Gasteiger partial charge in [-0.3, -0.25) is 24.2 Å². The van der Waals surface area contributed by atoms with Crippen molar-refractivity contribution in [3.8, 4) is 0 Å². The van der Waals surface area contributed by atoms with Crippen LogP contribution in [0.2, 0.25) is 0 Å². The monoisotopic (exact) mass is 666 g/mol. The Bertz CT molecular complexity index is 1090. The van der Waals surface area contributed by atoms with Gasteiger partial charge >= 0.3 is 5.97 Å². The van der Waals surface area contributed by atoms with Gasteiger partial charge in [0, 0.05) is 50.7 Å². The summed E-state index contributed by atoms with van der Waals surface area (Å²) >= 11 is 0. The topological polar surface area (TPSA) is 121 Å². The van der Waals surface area contributed by atoms with Crippen LogP contribution in [-0.2, 0) is 33.3 Å². The summed E-state index contributed by atoms with van der Waals surface area (Å²) in [6, 6.07) is -0.301. The van der Waals surface area contributed by atoms with E-state index in [4.69, 9.17) is 18.9 Å². The molecule has 0 aromatic rings. The highest BCUT2D eigenvalue weighted by Gasteiger charge is 2.52. The third-order valence-corrected chi connectivity index (χ3v) is 11.3. The van der Waals surface area contributed by atoms with E-state index in [2.05, 4.69) is 16.7 Å². The van der Waals surface area contributed by atoms with E-state index in [1.165, 1.54) is 0 Å². The molecule has 4 fully saturated rings. The van der Waals surface area contributed by atoms with Crippen LogP contribution in [0.15, 0.2) is 0 Å². The number of hydrogen-bond acceptors (Lipinski definition) is 11. The van der Waals surface area contributed by atoms with Crippen molar-refractivity contribution >= 4 is 17.7 Å². The molecule has 47 heavy (non-hydrogen) atoms. The Morgan fingerprint density at radius 3 is 2.30 bits per heavy atom. The number of likely N-dealkylation sites (N-methyl/N-ethyl adjacent to an activating group) is 2. The second-order valence-corrected chi connectivity index (χ2v) is 15.9. The molecule has 1 N–H and O–H groups in total. The van der Waals surface area contributed by atoms with E-state index in [1.807, 2.05) is 44.8 Å². The molecule has 12 nitrogen and oxygen atoms in total. The standard InChI is InChI=1S/C35H62N4O8/c1-22-16-35(6,44-10)31(47-32-29(41)26(36(7)8)15-23(2)46-32)24(3)30(42)34(4,5)33(43)45-21-27(37(9)17-22)25-18-39(19-25)28(40)20-38-13-11-12-14-38/h22-27,29,31-32,41H,11-21H2,1-10H3/t22-,23-,24+,26+,27+,29-,31-,32+,35-/m1/s1. The number of amides is 1. The Morgan fingerprint density at radius 1 is 1.06 bits per heavy atom. The van der Waals surface area contributed by atoms with Crippen LogP contribution in [0.5, 0.6) is 0 Å². The summed E-state index contributed by atoms with van der Waals surface area (Å²) in [6.45, 7) is 15.5. The minimum Gasteiger partial charge on any atom is -0.463 e. The number of cyclic esters (lactones) is 1. The Labute approximate surface area is 282 Å². The van der Waals surface area contributed by atoms with Crippen molar-refractivity contribution in [1.82, 2.24) is 19.6 Å². The molecular weight excluding hydrogens is 604 g/mol. The molecule has 1 amide bonds. The van der Waals surface area contributed by atoms with Crippen LogP contribution in [0, 0.1) is 23.2 Å². The first-order chi connectivity index (χ1) is 22.0. The van der Waals surface area contributed by atoms with Crippen LogP contribution < -0.4 is 0 Å². The SMILES string of the molecule is CO[C@]1(C)C[C@@H](C)CN(C)[C@H](C2CN(C(=O)CN3CCCC3)C2)COC(=O)C(C)(C)C(=O)[C@H](C)[C@H]1O[C@@H]1O[C@H](C)C[C@H](N(C)C)[C@H]1O. The van der Waals surface area contributed by atoms with Gasteiger partial charge in [-0.25, -0.2) is 0 Å². The largest absolute Gasteiger partial charge is 0.463 e. The summed E-state index contributed by atoms with van der Waals surface area (Å²) in [4.78, 5) is 49.2. The fourth-order valence-corrected chi connectivity index (χ4v) is 8.25. The fraction of sp³-hybridized carbons (Fsp3) is 0.914. The Hall–Kier alpha value is -1.67. The molecule has 4 rings (SSSR count). The molecule has 0 aromatic carbocycles. The van der Waals surface area contributed by atoms with Crippen LogP contribution >= 0.6 is 0 Å². The summed E-state index contributed by atoms with van der Waals surface area (Å²) in [5, 5.41) is 11.3. The average molecular weight is 667 g/mol. The number of Topliss-reactive ketones (excluding diaryl/α,β-unsaturated/α-hetero) is 1. The molecular formula is C35H62N4O8. The van der Waals surface area contributed by atoms with Crippen LogP contribution in [-0.4, -0.2) is 159 Å². The van der Waals surface area contributed by atoms with Gasteiger partial charge in [0.05, 0.1) is 24.4 Å². The molecule has 0 aromatic heterocycles. The van der Waals surface area contributed by atoms with Gasteiger partial charge in [-0.1, -0.05) is 13.8 Å². The van der Waals surface area contributed by atoms with Crippen LogP contribution in [0.3, 0.4) is 0 Å². The first-order valence-electron chi connectivity index (χ1n) is 17.6. The number of ketones is 1. The number of rotatable bonds is 7. The second kappa shape index (κ2) is 15.5. The summed E-state index contributed by atoms with van der Waals surface area (Å²) in [5.41, 5.74) is -2.41. The maximum absolute atomic E-state index is 14.2. The number of carbonyl (C=O) groups is 3. The number of likely N-dealkylation sites (tertiary alicyclic amines) is 2. The minimum absolute atomic E-state index is 0.101. The van der Waals surface area contributed by atoms with Crippen molar-refractivity contribution < 1.29 is 38.4 Å². The zero-order valence-corrected chi connectivity index (χ0v) is 30.6. The lowest BCUT2D eigenvalue weighted by molar-refractivity contribution is -0.295. The molecule has 0 unspecified atom stereocenters. The lowest BCUT2D eigenvalue weighted by Gasteiger charge is -2.47. The van der Waals surface area contributed by atoms with E-state index in [-0.39, 0.29) is 48.3 Å². The van der Waals surface area contributed by atoms with Gasteiger partial charge in [0.1, 0.15) is 18.1 Å². The van der Waals surface area contributed by atoms with Gasteiger partial charge < -0.3 is 33.9 Å². The number of hydrogen-bond donors (Lipinski definition) is 1. The predicted molar refractivity (Wildman–Crippen MR) is 178 cm³/mol. The van der Waals surface area contributed by atoms with E-state index in [1.54, 1.807) is 27.9 Å². The molecule has 4 aliphatic rings. The minimum atomic E-state index is -1.46. The molecule has 0 radical (unpaired) electrons. The zero-order valence-electron chi connectivity index (χ0n) is 30.6. The fourth-order valence-electron chi connectivity index (χ4n) is 8.25. The number of carbonyl (C=O) groups excluding carboxylic acids is 3. The first-order valence-corrected chi connectivity index (χ1v) is 17.6. The van der Waals surface area contributed by atoms with E-state index < -0.39 is 41.4 Å². The van der Waals surface area contributed by atoms with Crippen LogP contribution in [0.4, 0.5) is 0 Å². The molecule has 9 atom stereocenters. The first kappa shape index (κ1) is 38.1. The predicted octanol–water partition coefficient (Wildman–Crippen LogP) is 1.87. The number of esters is 1. The zero-order chi connectivity index (χ0) is 34.8. The molecule has 0 aliphatic carbocycles. The Balaban J connectivity index is 1.57. The van der Waals surface area contributed by atoms with Gasteiger partial charge in [0.15, 0.2) is 12.1 Å². The van der Waals surface area contributed by atoms with Gasteiger partial charge in [-0.2, -0.15) is 0 Å². The van der Waals surface area contributed by atoms with Crippen molar-refractivity contribution in [2.75, 3.05) is 74.1 Å². The Kier molecular flexibility index (Phi) is 12.6. The third kappa shape index (κ3) is 8.56. The maximum atomic E-state index is 14.2. The van der Waals surface area contributed by atoms with Crippen LogP contribution in [0.25, 0.3) is 0 Å². The smallest absolute Gasteiger partial charge is 0.319 e. The molecule has 270 valence electrons. The molecule has 4 heterocycles. The van der Waals surface area contributed by atoms with Gasteiger partial charge in [0.25, 0.3) is 0 Å². The third-order valence-electron chi connectivity index (χ3n) is 11.3. The average Bonchev–Trinajstić information content (AvgIpc) is 3.49. The molecule has 0 bridgehead atoms. The van der Waals surface area contributed by atoms with Crippen molar-refractivity contribution in [3.63, 3.8) is 0 Å². The van der Waals surface area contributed by atoms with E-state index in [0.29, 0.717) is 39.0 Å². The lowest BCUT2D eigenvalue weighted by Crippen LogP contribution is -2.61. The van der Waals surface area contributed by atoms with E-state index in [9.17, 15) is 19.5 Å². The summed E-state index contributed by atoms with van der Waals surface area (Å²) in [5.74, 6) is -1.29. The van der Waals surface area contributed by atoms with Gasteiger partial charge in [-0.05, 0) is 93.5 Å². The molecule has 0 spiro atoms. The quantitative estimate of drug-likeness (QED) is 0.317. The molecule has 4 saturated heterocycles. The lowest BCUT2D eigenvalue weighted by atomic mass is 9.74. The van der Waals surface area contributed by atoms with Crippen molar-refractivity contribution in [2.45, 2.75) is 110 Å².